The van der Waals surface area contributed by atoms with Crippen LogP contribution < -0.4 is 10.5 Å². The number of benzene rings is 1. The summed E-state index contributed by atoms with van der Waals surface area (Å²) < 4.78 is 20.0. The van der Waals surface area contributed by atoms with Crippen LogP contribution in [0.15, 0.2) is 24.3 Å². The molecule has 30 heavy (non-hydrogen) atoms. The minimum absolute atomic E-state index is 0.0301. The number of ketones is 1. The lowest BCUT2D eigenvalue weighted by atomic mass is 10.1. The number of ether oxygens (including phenoxy) is 4. The number of rotatable bonds is 9. The maximum atomic E-state index is 12.1. The molecule has 9 nitrogen and oxygen atoms in total. The van der Waals surface area contributed by atoms with E-state index in [2.05, 4.69) is 9.47 Å². The van der Waals surface area contributed by atoms with Gasteiger partial charge in [-0.1, -0.05) is 0 Å². The van der Waals surface area contributed by atoms with E-state index >= 15 is 0 Å². The molecule has 0 spiro atoms. The van der Waals surface area contributed by atoms with Gasteiger partial charge in [0.15, 0.2) is 5.78 Å². The van der Waals surface area contributed by atoms with Crippen LogP contribution in [0.4, 0.5) is 5.00 Å². The van der Waals surface area contributed by atoms with Crippen LogP contribution in [0.2, 0.25) is 0 Å². The lowest BCUT2D eigenvalue weighted by Gasteiger charge is -2.09. The molecule has 0 saturated heterocycles. The van der Waals surface area contributed by atoms with Crippen molar-refractivity contribution in [1.82, 2.24) is 0 Å². The van der Waals surface area contributed by atoms with Crippen LogP contribution in [0.25, 0.3) is 0 Å². The van der Waals surface area contributed by atoms with Gasteiger partial charge in [-0.15, -0.1) is 11.3 Å². The fourth-order valence-electron chi connectivity index (χ4n) is 2.47. The zero-order chi connectivity index (χ0) is 22.3. The Kier molecular flexibility index (Phi) is 7.93. The van der Waals surface area contributed by atoms with Crippen LogP contribution in [0.3, 0.4) is 0 Å². The topological polar surface area (TPSA) is 131 Å². The first kappa shape index (κ1) is 22.9. The highest BCUT2D eigenvalue weighted by Crippen LogP contribution is 2.33. The summed E-state index contributed by atoms with van der Waals surface area (Å²) in [5.41, 5.74) is 6.47. The molecule has 160 valence electrons. The highest BCUT2D eigenvalue weighted by Gasteiger charge is 2.28. The number of Topliss-reactive ketones (excluding diaryl/α,β-unsaturated/α-hetero) is 1. The molecule has 0 bridgehead atoms. The van der Waals surface area contributed by atoms with Gasteiger partial charge in [0, 0.05) is 11.1 Å². The van der Waals surface area contributed by atoms with E-state index in [9.17, 15) is 19.2 Å². The minimum Gasteiger partial charge on any atom is -0.493 e. The van der Waals surface area contributed by atoms with Gasteiger partial charge in [0.2, 0.25) is 0 Å². The van der Waals surface area contributed by atoms with Gasteiger partial charge in [0.05, 0.1) is 27.2 Å². The average molecular weight is 435 g/mol. The fraction of sp³-hybridized carbons (Fsp3) is 0.300. The normalized spacial score (nSPS) is 10.2. The largest absolute Gasteiger partial charge is 0.493 e. The van der Waals surface area contributed by atoms with Gasteiger partial charge in [-0.3, -0.25) is 9.59 Å². The summed E-state index contributed by atoms with van der Waals surface area (Å²) in [6.07, 6.45) is -0.0742. The number of esters is 3. The average Bonchev–Trinajstić information content (AvgIpc) is 3.07. The van der Waals surface area contributed by atoms with Crippen LogP contribution in [0.1, 0.15) is 49.3 Å². The molecule has 2 N–H and O–H groups in total. The first-order valence-corrected chi connectivity index (χ1v) is 9.57. The molecule has 0 aliphatic carbocycles. The predicted molar refractivity (Wildman–Crippen MR) is 108 cm³/mol. The van der Waals surface area contributed by atoms with Crippen molar-refractivity contribution in [2.24, 2.45) is 0 Å². The van der Waals surface area contributed by atoms with Crippen molar-refractivity contribution < 1.29 is 38.1 Å². The van der Waals surface area contributed by atoms with Crippen LogP contribution in [0.5, 0.6) is 5.75 Å². The van der Waals surface area contributed by atoms with Crippen molar-refractivity contribution in [3.05, 3.63) is 45.8 Å². The van der Waals surface area contributed by atoms with Gasteiger partial charge in [0.1, 0.15) is 27.8 Å². The lowest BCUT2D eigenvalue weighted by Crippen LogP contribution is -2.14. The Hall–Kier alpha value is -3.40. The third-order valence-corrected chi connectivity index (χ3v) is 5.05. The number of nitrogen functional groups attached to an aromatic ring is 1. The summed E-state index contributed by atoms with van der Waals surface area (Å²) in [4.78, 5) is 47.3. The second-order valence-corrected chi connectivity index (χ2v) is 7.02. The number of anilines is 1. The van der Waals surface area contributed by atoms with E-state index in [-0.39, 0.29) is 46.4 Å². The molecule has 0 aliphatic rings. The molecular weight excluding hydrogens is 414 g/mol. The van der Waals surface area contributed by atoms with Gasteiger partial charge < -0.3 is 24.7 Å². The quantitative estimate of drug-likeness (QED) is 0.359. The van der Waals surface area contributed by atoms with Crippen LogP contribution in [0, 0.1) is 0 Å². The number of nitrogens with two attached hydrogens (primary N) is 1. The smallest absolute Gasteiger partial charge is 0.348 e. The summed E-state index contributed by atoms with van der Waals surface area (Å²) in [7, 11) is 2.36. The Bertz CT molecular complexity index is 948. The number of thiophene rings is 1. The molecule has 2 rings (SSSR count). The highest BCUT2D eigenvalue weighted by atomic mass is 32.1. The number of carbonyl (C=O) groups is 4. The van der Waals surface area contributed by atoms with Crippen molar-refractivity contribution in [2.45, 2.75) is 20.0 Å². The predicted octanol–water partition coefficient (Wildman–Crippen LogP) is 2.62. The van der Waals surface area contributed by atoms with E-state index in [4.69, 9.17) is 15.2 Å². The summed E-state index contributed by atoms with van der Waals surface area (Å²) >= 11 is 0.850. The Morgan fingerprint density at radius 1 is 1.00 bits per heavy atom. The molecule has 1 aromatic heterocycles. The van der Waals surface area contributed by atoms with Crippen LogP contribution in [-0.2, 0) is 25.6 Å². The molecule has 0 atom stereocenters. The van der Waals surface area contributed by atoms with Gasteiger partial charge in [-0.25, -0.2) is 9.59 Å². The third-order valence-electron chi connectivity index (χ3n) is 4.01. The van der Waals surface area contributed by atoms with Crippen molar-refractivity contribution in [3.8, 4) is 5.75 Å². The zero-order valence-corrected chi connectivity index (χ0v) is 17.5. The maximum Gasteiger partial charge on any atom is 0.348 e. The first-order chi connectivity index (χ1) is 14.3. The van der Waals surface area contributed by atoms with Gasteiger partial charge in [0.25, 0.3) is 0 Å². The molecule has 0 fully saturated rings. The Morgan fingerprint density at radius 2 is 1.63 bits per heavy atom. The lowest BCUT2D eigenvalue weighted by molar-refractivity contribution is -0.145. The van der Waals surface area contributed by atoms with E-state index in [1.54, 1.807) is 24.3 Å². The number of hydrogen-bond donors (Lipinski definition) is 1. The van der Waals surface area contributed by atoms with Gasteiger partial charge >= 0.3 is 17.9 Å². The Balaban J connectivity index is 1.97. The molecule has 10 heteroatoms. The monoisotopic (exact) mass is 435 g/mol. The van der Waals surface area contributed by atoms with Crippen LogP contribution >= 0.6 is 11.3 Å². The summed E-state index contributed by atoms with van der Waals surface area (Å²) in [5.74, 6) is -1.62. The molecule has 1 aromatic carbocycles. The molecule has 0 aliphatic heterocycles. The van der Waals surface area contributed by atoms with E-state index in [1.165, 1.54) is 21.1 Å². The summed E-state index contributed by atoms with van der Waals surface area (Å²) in [5, 5.41) is 0.0608. The standard InChI is InChI=1S/C20H21NO8S/c1-11(22)12-4-6-13(7-5-12)28-9-8-15(23)29-10-14-16(19(24)26-2)18(21)30-17(14)20(25)27-3/h4-7H,8-10,21H2,1-3H3. The molecule has 0 saturated carbocycles. The van der Waals surface area contributed by atoms with E-state index < -0.39 is 17.9 Å². The summed E-state index contributed by atoms with van der Waals surface area (Å²) in [6, 6.07) is 6.50. The molecule has 0 unspecified atom stereocenters. The highest BCUT2D eigenvalue weighted by molar-refractivity contribution is 7.18. The third kappa shape index (κ3) is 5.57. The minimum atomic E-state index is -0.748. The van der Waals surface area contributed by atoms with Gasteiger partial charge in [-0.05, 0) is 31.2 Å². The second-order valence-electron chi connectivity index (χ2n) is 5.97. The second kappa shape index (κ2) is 10.4. The molecule has 1 heterocycles. The van der Waals surface area contributed by atoms with E-state index in [1.807, 2.05) is 0 Å². The molecule has 0 radical (unpaired) electrons. The first-order valence-electron chi connectivity index (χ1n) is 8.75. The number of hydrogen-bond acceptors (Lipinski definition) is 10. The van der Waals surface area contributed by atoms with Crippen molar-refractivity contribution >= 4 is 40.0 Å². The van der Waals surface area contributed by atoms with Crippen LogP contribution in [-0.4, -0.2) is 44.5 Å². The summed E-state index contributed by atoms with van der Waals surface area (Å²) in [6.45, 7) is 1.15. The van der Waals surface area contributed by atoms with Crippen molar-refractivity contribution in [3.63, 3.8) is 0 Å². The van der Waals surface area contributed by atoms with Crippen molar-refractivity contribution in [2.75, 3.05) is 26.6 Å². The number of methoxy groups -OCH3 is 2. The fourth-order valence-corrected chi connectivity index (χ4v) is 3.45. The van der Waals surface area contributed by atoms with E-state index in [0.29, 0.717) is 11.3 Å². The van der Waals surface area contributed by atoms with E-state index in [0.717, 1.165) is 11.3 Å². The maximum absolute atomic E-state index is 12.1. The number of carbonyl (C=O) groups excluding carboxylic acids is 4. The molecule has 0 amide bonds. The Labute approximate surface area is 176 Å². The molecule has 2 aromatic rings. The zero-order valence-electron chi connectivity index (χ0n) is 16.7. The Morgan fingerprint density at radius 3 is 2.20 bits per heavy atom. The van der Waals surface area contributed by atoms with Crippen molar-refractivity contribution in [1.29, 1.82) is 0 Å². The molecular formula is C20H21NO8S. The SMILES string of the molecule is COC(=O)c1sc(N)c(C(=O)OC)c1COC(=O)CCOc1ccc(C(C)=O)cc1. The van der Waals surface area contributed by atoms with Gasteiger partial charge in [-0.2, -0.15) is 0 Å².